The van der Waals surface area contributed by atoms with E-state index in [9.17, 15) is 16.8 Å². The Hall–Kier alpha value is -1.08. The first-order chi connectivity index (χ1) is 8.79. The van der Waals surface area contributed by atoms with Gasteiger partial charge < -0.3 is 4.74 Å². The summed E-state index contributed by atoms with van der Waals surface area (Å²) >= 11 is 0. The third kappa shape index (κ3) is 7.84. The van der Waals surface area contributed by atoms with Gasteiger partial charge in [-0.3, -0.25) is 0 Å². The molecule has 0 N–H and O–H groups in total. The number of ether oxygens (including phenoxy) is 1. The van der Waals surface area contributed by atoms with E-state index in [0.29, 0.717) is 5.75 Å². The van der Waals surface area contributed by atoms with Crippen molar-refractivity contribution in [1.29, 1.82) is 0 Å². The fourth-order valence-electron chi connectivity index (χ4n) is 1.45. The Bertz CT molecular complexity index is 576. The van der Waals surface area contributed by atoms with Crippen molar-refractivity contribution in [1.82, 2.24) is 0 Å². The Morgan fingerprint density at radius 2 is 1.58 bits per heavy atom. The Morgan fingerprint density at radius 3 is 2.16 bits per heavy atom. The second kappa shape index (κ2) is 6.91. The van der Waals surface area contributed by atoms with Crippen LogP contribution in [0.15, 0.2) is 30.3 Å². The largest absolute Gasteiger partial charge is 0.493 e. The van der Waals surface area contributed by atoms with Crippen molar-refractivity contribution >= 4 is 19.7 Å². The molecule has 0 aliphatic rings. The van der Waals surface area contributed by atoms with Crippen LogP contribution in [0.2, 0.25) is 0 Å². The van der Waals surface area contributed by atoms with E-state index >= 15 is 0 Å². The molecule has 0 saturated heterocycles. The van der Waals surface area contributed by atoms with Gasteiger partial charge >= 0.3 is 0 Å². The molecule has 0 radical (unpaired) electrons. The lowest BCUT2D eigenvalue weighted by atomic mass is 10.3. The van der Waals surface area contributed by atoms with Crippen LogP contribution in [0.4, 0.5) is 0 Å². The minimum atomic E-state index is -3.26. The molecule has 5 nitrogen and oxygen atoms in total. The summed E-state index contributed by atoms with van der Waals surface area (Å²) in [7, 11) is -6.37. The minimum Gasteiger partial charge on any atom is -0.493 e. The molecule has 0 spiro atoms. The summed E-state index contributed by atoms with van der Waals surface area (Å²) in [5.41, 5.74) is 0. The van der Waals surface area contributed by atoms with Gasteiger partial charge in [-0.25, -0.2) is 16.8 Å². The van der Waals surface area contributed by atoms with E-state index in [1.165, 1.54) is 0 Å². The van der Waals surface area contributed by atoms with E-state index in [2.05, 4.69) is 0 Å². The zero-order chi connectivity index (χ0) is 14.4. The minimum absolute atomic E-state index is 0.0746. The van der Waals surface area contributed by atoms with E-state index in [1.54, 1.807) is 24.3 Å². The van der Waals surface area contributed by atoms with Gasteiger partial charge in [-0.2, -0.15) is 0 Å². The molecule has 0 aromatic heterocycles. The van der Waals surface area contributed by atoms with E-state index in [-0.39, 0.29) is 30.3 Å². The maximum atomic E-state index is 11.6. The highest BCUT2D eigenvalue weighted by Gasteiger charge is 2.12. The van der Waals surface area contributed by atoms with E-state index in [4.69, 9.17) is 4.74 Å². The van der Waals surface area contributed by atoms with Crippen LogP contribution in [0, 0.1) is 0 Å². The molecule has 0 aliphatic carbocycles. The fraction of sp³-hybridized carbons (Fsp3) is 0.500. The van der Waals surface area contributed by atoms with Gasteiger partial charge in [0.25, 0.3) is 0 Å². The van der Waals surface area contributed by atoms with Crippen molar-refractivity contribution in [3.05, 3.63) is 30.3 Å². The molecule has 7 heteroatoms. The van der Waals surface area contributed by atoms with Gasteiger partial charge in [0, 0.05) is 6.26 Å². The second-order valence-electron chi connectivity index (χ2n) is 4.30. The zero-order valence-electron chi connectivity index (χ0n) is 10.8. The molecule has 0 heterocycles. The van der Waals surface area contributed by atoms with Gasteiger partial charge in [0.1, 0.15) is 22.2 Å². The predicted octanol–water partition coefficient (Wildman–Crippen LogP) is 0.915. The molecule has 1 rings (SSSR count). The van der Waals surface area contributed by atoms with Crippen LogP contribution in [0.1, 0.15) is 6.42 Å². The summed E-state index contributed by atoms with van der Waals surface area (Å²) in [5.74, 6) is 0.282. The van der Waals surface area contributed by atoms with Crippen molar-refractivity contribution in [2.24, 2.45) is 0 Å². The Labute approximate surface area is 114 Å². The summed E-state index contributed by atoms with van der Waals surface area (Å²) in [5, 5.41) is 0. The average molecular weight is 306 g/mol. The van der Waals surface area contributed by atoms with Gasteiger partial charge in [0.2, 0.25) is 0 Å². The predicted molar refractivity (Wildman–Crippen MR) is 74.9 cm³/mol. The summed E-state index contributed by atoms with van der Waals surface area (Å²) in [6, 6.07) is 8.94. The third-order valence-corrected chi connectivity index (χ3v) is 5.11. The van der Waals surface area contributed by atoms with Crippen LogP contribution in [0.5, 0.6) is 5.75 Å². The lowest BCUT2D eigenvalue weighted by Crippen LogP contribution is -2.19. The number of benzene rings is 1. The highest BCUT2D eigenvalue weighted by atomic mass is 32.2. The molecule has 1 aromatic rings. The summed E-state index contributed by atoms with van der Waals surface area (Å²) in [6.45, 7) is 0.0746. The standard InChI is InChI=1S/C12H18O5S2/c1-18(13,14)9-5-10-19(15,16)11-8-17-12-6-3-2-4-7-12/h2-4,6-7H,5,8-11H2,1H3. The second-order valence-corrected chi connectivity index (χ2v) is 8.86. The lowest BCUT2D eigenvalue weighted by Gasteiger charge is -2.06. The van der Waals surface area contributed by atoms with Crippen LogP contribution < -0.4 is 4.74 Å². The van der Waals surface area contributed by atoms with Crippen molar-refractivity contribution in [3.8, 4) is 5.75 Å². The molecule has 108 valence electrons. The summed E-state index contributed by atoms with van der Waals surface area (Å²) < 4.78 is 50.3. The molecular formula is C12H18O5S2. The van der Waals surface area contributed by atoms with Crippen molar-refractivity contribution in [3.63, 3.8) is 0 Å². The van der Waals surface area contributed by atoms with E-state index in [1.807, 2.05) is 6.07 Å². The molecule has 0 amide bonds. The number of rotatable bonds is 8. The van der Waals surface area contributed by atoms with Crippen molar-refractivity contribution < 1.29 is 21.6 Å². The van der Waals surface area contributed by atoms with Crippen LogP contribution in [0.3, 0.4) is 0 Å². The third-order valence-electron chi connectivity index (χ3n) is 2.38. The number of hydrogen-bond donors (Lipinski definition) is 0. The quantitative estimate of drug-likeness (QED) is 0.713. The van der Waals surface area contributed by atoms with Gasteiger partial charge in [0.05, 0.1) is 17.3 Å². The first kappa shape index (κ1) is 16.0. The first-order valence-electron chi connectivity index (χ1n) is 5.84. The van der Waals surface area contributed by atoms with Crippen LogP contribution in [-0.4, -0.2) is 47.0 Å². The zero-order valence-corrected chi connectivity index (χ0v) is 12.4. The number of sulfone groups is 2. The monoisotopic (exact) mass is 306 g/mol. The molecule has 0 atom stereocenters. The molecule has 0 saturated carbocycles. The topological polar surface area (TPSA) is 77.5 Å². The Kier molecular flexibility index (Phi) is 5.81. The van der Waals surface area contributed by atoms with Crippen LogP contribution >= 0.6 is 0 Å². The van der Waals surface area contributed by atoms with Gasteiger partial charge in [-0.15, -0.1) is 0 Å². The van der Waals surface area contributed by atoms with Gasteiger partial charge in [-0.05, 0) is 18.6 Å². The molecule has 0 fully saturated rings. The number of hydrogen-bond acceptors (Lipinski definition) is 5. The molecule has 0 bridgehead atoms. The molecule has 19 heavy (non-hydrogen) atoms. The van der Waals surface area contributed by atoms with Gasteiger partial charge in [0.15, 0.2) is 9.84 Å². The Morgan fingerprint density at radius 1 is 0.947 bits per heavy atom. The maximum absolute atomic E-state index is 11.6. The molecular weight excluding hydrogens is 288 g/mol. The average Bonchev–Trinajstić information content (AvgIpc) is 2.28. The van der Waals surface area contributed by atoms with E-state index < -0.39 is 19.7 Å². The summed E-state index contributed by atoms with van der Waals surface area (Å²) in [4.78, 5) is 0. The van der Waals surface area contributed by atoms with Crippen LogP contribution in [0.25, 0.3) is 0 Å². The van der Waals surface area contributed by atoms with Gasteiger partial charge in [-0.1, -0.05) is 18.2 Å². The Balaban J connectivity index is 2.31. The lowest BCUT2D eigenvalue weighted by molar-refractivity contribution is 0.341. The fourth-order valence-corrected chi connectivity index (χ4v) is 3.42. The van der Waals surface area contributed by atoms with Crippen molar-refractivity contribution in [2.75, 3.05) is 30.1 Å². The normalized spacial score (nSPS) is 12.3. The SMILES string of the molecule is CS(=O)(=O)CCCS(=O)(=O)CCOc1ccccc1. The van der Waals surface area contributed by atoms with E-state index in [0.717, 1.165) is 6.26 Å². The highest BCUT2D eigenvalue weighted by molar-refractivity contribution is 7.92. The van der Waals surface area contributed by atoms with Crippen LogP contribution in [-0.2, 0) is 19.7 Å². The molecule has 0 unspecified atom stereocenters. The van der Waals surface area contributed by atoms with Crippen molar-refractivity contribution in [2.45, 2.75) is 6.42 Å². The maximum Gasteiger partial charge on any atom is 0.153 e. The molecule has 0 aliphatic heterocycles. The smallest absolute Gasteiger partial charge is 0.153 e. The number of para-hydroxylation sites is 1. The molecule has 1 aromatic carbocycles. The summed E-state index contributed by atoms with van der Waals surface area (Å²) in [6.07, 6.45) is 1.23. The first-order valence-corrected chi connectivity index (χ1v) is 9.73. The highest BCUT2D eigenvalue weighted by Crippen LogP contribution is 2.08.